The van der Waals surface area contributed by atoms with E-state index in [0.717, 1.165) is 102 Å². The van der Waals surface area contributed by atoms with Crippen LogP contribution in [-0.2, 0) is 66.7 Å². The molecule has 0 aromatic carbocycles. The van der Waals surface area contributed by atoms with Crippen molar-refractivity contribution in [3.8, 4) is 0 Å². The van der Waals surface area contributed by atoms with Crippen LogP contribution in [0.15, 0.2) is 0 Å². The summed E-state index contributed by atoms with van der Waals surface area (Å²) in [6, 6.07) is 0. The van der Waals surface area contributed by atoms with E-state index in [1.54, 1.807) is 13.8 Å². The van der Waals surface area contributed by atoms with Crippen LogP contribution in [0.5, 0.6) is 0 Å². The Morgan fingerprint density at radius 3 is 1.41 bits per heavy atom. The molecule has 2 aliphatic heterocycles. The smallest absolute Gasteiger partial charge is 0.347 e. The molecule has 0 radical (unpaired) electrons. The molecule has 502 valence electrons. The van der Waals surface area contributed by atoms with Gasteiger partial charge in [-0.1, -0.05) is 61.8 Å². The Bertz CT molecular complexity index is 2420. The summed E-state index contributed by atoms with van der Waals surface area (Å²) < 4.78 is 38.9. The van der Waals surface area contributed by atoms with Crippen molar-refractivity contribution in [2.24, 2.45) is 92.2 Å². The molecule has 0 spiro atoms. The van der Waals surface area contributed by atoms with Gasteiger partial charge in [-0.05, 0) is 258 Å². The van der Waals surface area contributed by atoms with Crippen LogP contribution < -0.4 is 0 Å². The number of hydrogen-bond donors (Lipinski definition) is 1. The van der Waals surface area contributed by atoms with Gasteiger partial charge in [0.25, 0.3) is 0 Å². The van der Waals surface area contributed by atoms with Crippen molar-refractivity contribution in [2.45, 2.75) is 320 Å². The number of hydrogen-bond acceptors (Lipinski definition) is 15. The normalized spacial score (nSPS) is 35.1. The standard InChI is InChI=1S/C19H32O2.C16H26O3.C14H20O4.C14H26O2.C10H16O4/c1-6-18(4,5)17(20)21-19(12(2)3)15-8-13-7-14(10-15)11-16(19)9-13;1-4-15(2,3)14(17)19-13-11-5-10-6-12(13)9-16(18,7-10)8-11;1-4-14(2,3)13(16)18-10-7-5-8-9(6-7)12(15)17-11(8)10;1-5-13(3,4)12(15)16-14(6-2)10-8-7-9-11-14;1-4-10(2,3)9(12)14-7-5-6-13-8(7)11/h12-16H,6-11H2,1-5H3;10-13,18H,4-9H2,1-3H3;7-11H,4-6H2,1-3H3;5-11H2,1-4H3;7H,4-6H2,1-3H3. The highest BCUT2D eigenvalue weighted by Gasteiger charge is 2.64. The highest BCUT2D eigenvalue weighted by Crippen LogP contribution is 2.63. The number of esters is 7. The number of cyclic esters (lactones) is 1. The highest BCUT2D eigenvalue weighted by atomic mass is 16.6. The summed E-state index contributed by atoms with van der Waals surface area (Å²) in [4.78, 5) is 83.5. The van der Waals surface area contributed by atoms with Crippen molar-refractivity contribution in [2.75, 3.05) is 6.61 Å². The topological polar surface area (TPSA) is 204 Å². The molecule has 11 aliphatic carbocycles. The highest BCUT2D eigenvalue weighted by molar-refractivity contribution is 5.83. The van der Waals surface area contributed by atoms with E-state index in [1.807, 2.05) is 83.1 Å². The van der Waals surface area contributed by atoms with Crippen molar-refractivity contribution in [3.63, 3.8) is 0 Å². The fourth-order valence-electron chi connectivity index (χ4n) is 16.9. The summed E-state index contributed by atoms with van der Waals surface area (Å²) in [6.45, 7) is 36.4. The largest absolute Gasteiger partial charge is 0.463 e. The molecule has 13 rings (SSSR count). The average Bonchev–Trinajstić information content (AvgIpc) is 1.58. The molecule has 0 aromatic rings. The minimum atomic E-state index is -0.687. The van der Waals surface area contributed by atoms with E-state index in [1.165, 1.54) is 51.4 Å². The average molecular weight is 1240 g/mol. The van der Waals surface area contributed by atoms with Crippen LogP contribution in [-0.4, -0.2) is 94.7 Å². The first kappa shape index (κ1) is 71.7. The number of carbonyl (C=O) groups is 7. The Morgan fingerprint density at radius 2 is 0.977 bits per heavy atom. The zero-order chi connectivity index (χ0) is 65.3. The van der Waals surface area contributed by atoms with E-state index < -0.39 is 28.5 Å². The van der Waals surface area contributed by atoms with Gasteiger partial charge in [0.15, 0.2) is 0 Å². The van der Waals surface area contributed by atoms with Crippen molar-refractivity contribution in [1.29, 1.82) is 0 Å². The van der Waals surface area contributed by atoms with Crippen LogP contribution in [0.4, 0.5) is 0 Å². The van der Waals surface area contributed by atoms with Crippen LogP contribution in [0.3, 0.4) is 0 Å². The van der Waals surface area contributed by atoms with Crippen molar-refractivity contribution < 1.29 is 71.8 Å². The molecule has 88 heavy (non-hydrogen) atoms. The first-order valence-electron chi connectivity index (χ1n) is 35.2. The summed E-state index contributed by atoms with van der Waals surface area (Å²) in [5.74, 6) is 4.61. The van der Waals surface area contributed by atoms with Gasteiger partial charge in [-0.3, -0.25) is 28.8 Å². The van der Waals surface area contributed by atoms with E-state index in [4.69, 9.17) is 33.2 Å². The van der Waals surface area contributed by atoms with E-state index in [0.29, 0.717) is 66.8 Å². The molecule has 2 heterocycles. The fourth-order valence-corrected chi connectivity index (χ4v) is 16.9. The van der Waals surface area contributed by atoms with Crippen LogP contribution in [0.25, 0.3) is 0 Å². The maximum Gasteiger partial charge on any atom is 0.347 e. The quantitative estimate of drug-likeness (QED) is 0.106. The number of aliphatic hydroxyl groups is 1. The van der Waals surface area contributed by atoms with E-state index >= 15 is 0 Å². The SMILES string of the molecule is CCC(C)(C)C(=O)OC1(C(C)C)C2CC3CC(C2)CC1C3.CCC(C)(C)C(=O)OC1C2CC3C(=O)OC1C3C2.CCC(C)(C)C(=O)OC1C2CC3CC1CC(O)(C3)C2.CCC(C)(C)C(=O)OC1CCOC1=O.CCC1(OC(=O)C(C)(C)CC)CCCCC1. The van der Waals surface area contributed by atoms with E-state index in [-0.39, 0.29) is 87.5 Å². The fraction of sp³-hybridized carbons (Fsp3) is 0.904. The van der Waals surface area contributed by atoms with Crippen molar-refractivity contribution in [3.05, 3.63) is 0 Å². The van der Waals surface area contributed by atoms with Gasteiger partial charge in [0, 0.05) is 18.3 Å². The predicted molar refractivity (Wildman–Crippen MR) is 337 cm³/mol. The van der Waals surface area contributed by atoms with E-state index in [2.05, 4.69) is 27.7 Å². The van der Waals surface area contributed by atoms with Gasteiger partial charge < -0.3 is 38.3 Å². The molecule has 8 atom stereocenters. The summed E-state index contributed by atoms with van der Waals surface area (Å²) in [7, 11) is 0. The lowest BCUT2D eigenvalue weighted by atomic mass is 9.47. The minimum Gasteiger partial charge on any atom is -0.463 e. The molecule has 13 fully saturated rings. The Balaban J connectivity index is 0.000000158. The van der Waals surface area contributed by atoms with Gasteiger partial charge in [-0.25, -0.2) is 4.79 Å². The molecule has 2 saturated heterocycles. The van der Waals surface area contributed by atoms with Gasteiger partial charge in [-0.2, -0.15) is 0 Å². The predicted octanol–water partition coefficient (Wildman–Crippen LogP) is 15.0. The lowest BCUT2D eigenvalue weighted by molar-refractivity contribution is -0.231. The van der Waals surface area contributed by atoms with Gasteiger partial charge in [0.05, 0.1) is 45.2 Å². The summed E-state index contributed by atoms with van der Waals surface area (Å²) >= 11 is 0. The van der Waals surface area contributed by atoms with Crippen LogP contribution in [0.1, 0.15) is 279 Å². The number of ether oxygens (including phenoxy) is 7. The summed E-state index contributed by atoms with van der Waals surface area (Å²) in [5, 5.41) is 10.5. The Kier molecular flexibility index (Phi) is 22.7. The second kappa shape index (κ2) is 27.8. The molecule has 13 aliphatic rings. The summed E-state index contributed by atoms with van der Waals surface area (Å²) in [6.07, 6.45) is 23.5. The van der Waals surface area contributed by atoms with Crippen molar-refractivity contribution in [1.82, 2.24) is 0 Å². The Labute approximate surface area is 530 Å². The zero-order valence-corrected chi connectivity index (χ0v) is 58.0. The molecular formula is C73H120O15. The first-order valence-corrected chi connectivity index (χ1v) is 35.2. The van der Waals surface area contributed by atoms with Crippen LogP contribution in [0.2, 0.25) is 0 Å². The first-order chi connectivity index (χ1) is 41.0. The zero-order valence-electron chi connectivity index (χ0n) is 58.0. The number of rotatable bonds is 17. The molecule has 10 bridgehead atoms. The monoisotopic (exact) mass is 1240 g/mol. The molecular weight excluding hydrogens is 1120 g/mol. The Hall–Kier alpha value is -3.75. The molecule has 15 nitrogen and oxygen atoms in total. The maximum absolute atomic E-state index is 12.8. The molecule has 0 aromatic heterocycles. The van der Waals surface area contributed by atoms with Crippen LogP contribution in [0, 0.1) is 92.2 Å². The van der Waals surface area contributed by atoms with Gasteiger partial charge in [-0.15, -0.1) is 0 Å². The van der Waals surface area contributed by atoms with Crippen LogP contribution >= 0.6 is 0 Å². The van der Waals surface area contributed by atoms with Gasteiger partial charge >= 0.3 is 41.8 Å². The Morgan fingerprint density at radius 1 is 0.523 bits per heavy atom. The van der Waals surface area contributed by atoms with Gasteiger partial charge in [0.2, 0.25) is 6.10 Å². The third-order valence-electron chi connectivity index (χ3n) is 24.7. The third kappa shape index (κ3) is 15.5. The minimum absolute atomic E-state index is 0.0150. The lowest BCUT2D eigenvalue weighted by Gasteiger charge is -2.62. The third-order valence-corrected chi connectivity index (χ3v) is 24.7. The second-order valence-electron chi connectivity index (χ2n) is 33.1. The maximum atomic E-state index is 12.8. The summed E-state index contributed by atoms with van der Waals surface area (Å²) in [5.41, 5.74) is -2.81. The molecule has 11 saturated carbocycles. The molecule has 1 N–H and O–H groups in total. The van der Waals surface area contributed by atoms with E-state index in [9.17, 15) is 38.7 Å². The molecule has 0 amide bonds. The van der Waals surface area contributed by atoms with Crippen molar-refractivity contribution >= 4 is 41.8 Å². The molecule has 15 heteroatoms. The lowest BCUT2D eigenvalue weighted by Crippen LogP contribution is -2.63. The number of fused-ring (bicyclic) bond motifs is 1. The van der Waals surface area contributed by atoms with Gasteiger partial charge in [0.1, 0.15) is 29.5 Å². The second-order valence-corrected chi connectivity index (χ2v) is 33.1. The number of carbonyl (C=O) groups excluding carboxylic acids is 7. The molecule has 8 unspecified atom stereocenters.